The van der Waals surface area contributed by atoms with E-state index < -0.39 is 30.2 Å². The van der Waals surface area contributed by atoms with E-state index in [1.807, 2.05) is 0 Å². The molecule has 1 fully saturated rings. The Balaban J connectivity index is 2.01. The van der Waals surface area contributed by atoms with Crippen LogP contribution in [0.3, 0.4) is 0 Å². The Morgan fingerprint density at radius 3 is 2.64 bits per heavy atom. The Bertz CT molecular complexity index is 585. The van der Waals surface area contributed by atoms with Crippen LogP contribution in [-0.4, -0.2) is 29.4 Å². The number of carbonyl (C=O) groups is 2. The molecular weight excluding hydrogens is 290 g/mol. The third-order valence-corrected chi connectivity index (χ3v) is 3.50. The van der Waals surface area contributed by atoms with Crippen molar-refractivity contribution < 1.29 is 24.2 Å². The summed E-state index contributed by atoms with van der Waals surface area (Å²) in [5.41, 5.74) is 8.55. The molecule has 0 radical (unpaired) electrons. The van der Waals surface area contributed by atoms with Crippen molar-refractivity contribution in [1.82, 2.24) is 0 Å². The molecule has 0 aliphatic heterocycles. The number of azide groups is 1. The molecule has 8 nitrogen and oxygen atoms in total. The minimum absolute atomic E-state index is 0.100. The van der Waals surface area contributed by atoms with Crippen molar-refractivity contribution in [2.45, 2.75) is 31.4 Å². The number of nitrogens with zero attached hydrogens (tertiary/aromatic N) is 3. The minimum atomic E-state index is -0.954. The van der Waals surface area contributed by atoms with E-state index in [-0.39, 0.29) is 6.42 Å². The second-order valence-corrected chi connectivity index (χ2v) is 4.94. The summed E-state index contributed by atoms with van der Waals surface area (Å²) in [7, 11) is 0. The first-order valence-electron chi connectivity index (χ1n) is 6.80. The summed E-state index contributed by atoms with van der Waals surface area (Å²) in [4.78, 5) is 25.6. The van der Waals surface area contributed by atoms with Crippen molar-refractivity contribution >= 4 is 12.1 Å². The molecule has 8 heteroatoms. The van der Waals surface area contributed by atoms with Gasteiger partial charge in [0.15, 0.2) is 0 Å². The first-order chi connectivity index (χ1) is 10.6. The Morgan fingerprint density at radius 2 is 2.00 bits per heavy atom. The smallest absolute Gasteiger partial charge is 0.481 e. The van der Waals surface area contributed by atoms with Crippen molar-refractivity contribution in [3.8, 4) is 5.75 Å². The highest BCUT2D eigenvalue weighted by atomic mass is 16.7. The quantitative estimate of drug-likeness (QED) is 0.301. The molecule has 3 unspecified atom stereocenters. The van der Waals surface area contributed by atoms with Crippen LogP contribution in [0.15, 0.2) is 35.4 Å². The van der Waals surface area contributed by atoms with Crippen molar-refractivity contribution in [2.75, 3.05) is 0 Å². The number of para-hydroxylation sites is 1. The number of aliphatic carboxylic acids is 1. The van der Waals surface area contributed by atoms with Gasteiger partial charge in [-0.25, -0.2) is 4.79 Å². The zero-order chi connectivity index (χ0) is 15.9. The van der Waals surface area contributed by atoms with Crippen LogP contribution in [0.2, 0.25) is 0 Å². The maximum absolute atomic E-state index is 11.8. The van der Waals surface area contributed by atoms with E-state index in [2.05, 4.69) is 10.0 Å². The average molecular weight is 305 g/mol. The monoisotopic (exact) mass is 305 g/mol. The Labute approximate surface area is 126 Å². The number of carbonyl (C=O) groups excluding carboxylic acids is 1. The maximum Gasteiger partial charge on any atom is 0.514 e. The van der Waals surface area contributed by atoms with Crippen LogP contribution in [0.4, 0.5) is 4.79 Å². The highest BCUT2D eigenvalue weighted by Gasteiger charge is 2.36. The second-order valence-electron chi connectivity index (χ2n) is 4.94. The van der Waals surface area contributed by atoms with Crippen molar-refractivity contribution in [3.63, 3.8) is 0 Å². The molecule has 22 heavy (non-hydrogen) atoms. The summed E-state index contributed by atoms with van der Waals surface area (Å²) < 4.78 is 10.1. The van der Waals surface area contributed by atoms with Gasteiger partial charge in [-0.05, 0) is 36.9 Å². The molecule has 0 spiro atoms. The van der Waals surface area contributed by atoms with E-state index in [0.717, 1.165) is 0 Å². The molecule has 1 aliphatic carbocycles. The highest BCUT2D eigenvalue weighted by Crippen LogP contribution is 2.29. The lowest BCUT2D eigenvalue weighted by Crippen LogP contribution is -2.39. The number of hydrogen-bond donors (Lipinski definition) is 1. The lowest BCUT2D eigenvalue weighted by molar-refractivity contribution is -0.144. The number of rotatable bonds is 4. The summed E-state index contributed by atoms with van der Waals surface area (Å²) in [6.07, 6.45) is -0.915. The number of carboxylic acids is 1. The van der Waals surface area contributed by atoms with Crippen LogP contribution >= 0.6 is 0 Å². The van der Waals surface area contributed by atoms with Gasteiger partial charge in [-0.1, -0.05) is 23.3 Å². The van der Waals surface area contributed by atoms with Gasteiger partial charge in [0.1, 0.15) is 11.9 Å². The second kappa shape index (κ2) is 7.33. The maximum atomic E-state index is 11.8. The summed E-state index contributed by atoms with van der Waals surface area (Å²) >= 11 is 0. The van der Waals surface area contributed by atoms with E-state index in [9.17, 15) is 9.59 Å². The number of hydrogen-bond acceptors (Lipinski definition) is 5. The Hall–Kier alpha value is -2.73. The Kier molecular flexibility index (Phi) is 5.21. The molecule has 2 rings (SSSR count). The molecule has 1 aromatic carbocycles. The predicted octanol–water partition coefficient (Wildman–Crippen LogP) is 3.13. The van der Waals surface area contributed by atoms with E-state index in [1.54, 1.807) is 30.3 Å². The van der Waals surface area contributed by atoms with Gasteiger partial charge in [0.05, 0.1) is 12.0 Å². The number of carboxylic acid groups (broad SMARTS) is 1. The lowest BCUT2D eigenvalue weighted by atomic mass is 9.84. The van der Waals surface area contributed by atoms with Gasteiger partial charge in [0, 0.05) is 4.91 Å². The summed E-state index contributed by atoms with van der Waals surface area (Å²) in [6, 6.07) is 7.78. The first kappa shape index (κ1) is 15.7. The number of benzene rings is 1. The Morgan fingerprint density at radius 1 is 1.27 bits per heavy atom. The zero-order valence-corrected chi connectivity index (χ0v) is 11.7. The topological polar surface area (TPSA) is 122 Å². The van der Waals surface area contributed by atoms with Gasteiger partial charge in [-0.15, -0.1) is 0 Å². The SMILES string of the molecule is [N-]=[N+]=NC1CCC(C(=O)O)CC1OC(=O)Oc1ccccc1. The molecule has 0 saturated heterocycles. The molecule has 116 valence electrons. The van der Waals surface area contributed by atoms with Crippen LogP contribution < -0.4 is 4.74 Å². The van der Waals surface area contributed by atoms with Gasteiger partial charge in [0.2, 0.25) is 0 Å². The summed E-state index contributed by atoms with van der Waals surface area (Å²) in [6.45, 7) is 0. The molecule has 1 aliphatic rings. The lowest BCUT2D eigenvalue weighted by Gasteiger charge is -2.30. The van der Waals surface area contributed by atoms with E-state index in [0.29, 0.717) is 18.6 Å². The average Bonchev–Trinajstić information content (AvgIpc) is 2.50. The van der Waals surface area contributed by atoms with Crippen molar-refractivity contribution in [1.29, 1.82) is 0 Å². The van der Waals surface area contributed by atoms with E-state index >= 15 is 0 Å². The van der Waals surface area contributed by atoms with Crippen LogP contribution in [0.1, 0.15) is 19.3 Å². The molecule has 0 heterocycles. The van der Waals surface area contributed by atoms with Crippen molar-refractivity contribution in [3.05, 3.63) is 40.8 Å². The third-order valence-electron chi connectivity index (χ3n) is 3.50. The fourth-order valence-corrected chi connectivity index (χ4v) is 2.39. The summed E-state index contributed by atoms with van der Waals surface area (Å²) in [5.74, 6) is -1.26. The van der Waals surface area contributed by atoms with Crippen LogP contribution in [0.25, 0.3) is 10.4 Å². The molecule has 3 atom stereocenters. The van der Waals surface area contributed by atoms with Crippen LogP contribution in [-0.2, 0) is 9.53 Å². The first-order valence-corrected chi connectivity index (χ1v) is 6.80. The van der Waals surface area contributed by atoms with Gasteiger partial charge >= 0.3 is 12.1 Å². The van der Waals surface area contributed by atoms with Gasteiger partial charge in [-0.3, -0.25) is 4.79 Å². The molecule has 0 bridgehead atoms. The molecular formula is C14H15N3O5. The molecule has 1 saturated carbocycles. The van der Waals surface area contributed by atoms with Gasteiger partial charge in [-0.2, -0.15) is 0 Å². The van der Waals surface area contributed by atoms with Crippen molar-refractivity contribution in [2.24, 2.45) is 11.0 Å². The fourth-order valence-electron chi connectivity index (χ4n) is 2.39. The standard InChI is InChI=1S/C14H15N3O5/c15-17-16-11-7-6-9(13(18)19)8-12(11)22-14(20)21-10-4-2-1-3-5-10/h1-5,9,11-12H,6-8H2,(H,18,19). The fraction of sp³-hybridized carbons (Fsp3) is 0.429. The zero-order valence-electron chi connectivity index (χ0n) is 11.7. The highest BCUT2D eigenvalue weighted by molar-refractivity contribution is 5.70. The normalized spacial score (nSPS) is 23.9. The molecule has 1 aromatic rings. The van der Waals surface area contributed by atoms with Gasteiger partial charge < -0.3 is 14.6 Å². The summed E-state index contributed by atoms with van der Waals surface area (Å²) in [5, 5.41) is 12.6. The number of ether oxygens (including phenoxy) is 2. The van der Waals surface area contributed by atoms with Crippen LogP contribution in [0.5, 0.6) is 5.75 Å². The molecule has 0 amide bonds. The van der Waals surface area contributed by atoms with E-state index in [1.165, 1.54) is 0 Å². The third kappa shape index (κ3) is 4.13. The minimum Gasteiger partial charge on any atom is -0.481 e. The molecule has 1 N–H and O–H groups in total. The van der Waals surface area contributed by atoms with E-state index in [4.69, 9.17) is 20.1 Å². The predicted molar refractivity (Wildman–Crippen MR) is 75.2 cm³/mol. The van der Waals surface area contributed by atoms with Gasteiger partial charge in [0.25, 0.3) is 0 Å². The largest absolute Gasteiger partial charge is 0.514 e. The van der Waals surface area contributed by atoms with Crippen LogP contribution in [0, 0.1) is 5.92 Å². The molecule has 0 aromatic heterocycles.